The van der Waals surface area contributed by atoms with Crippen LogP contribution in [0.15, 0.2) is 0 Å². The van der Waals surface area contributed by atoms with Gasteiger partial charge in [0.05, 0.1) is 6.10 Å². The Morgan fingerprint density at radius 2 is 2.00 bits per heavy atom. The Morgan fingerprint density at radius 1 is 1.32 bits per heavy atom. The lowest BCUT2D eigenvalue weighted by atomic mass is 10.0. The smallest absolute Gasteiger partial charge is 0.326 e. The third-order valence-electron chi connectivity index (χ3n) is 4.75. The number of urea groups is 1. The predicted octanol–water partition coefficient (Wildman–Crippen LogP) is 0.406. The van der Waals surface area contributed by atoms with Crippen LogP contribution in [0.5, 0.6) is 0 Å². The van der Waals surface area contributed by atoms with Crippen LogP contribution in [-0.2, 0) is 4.79 Å². The van der Waals surface area contributed by atoms with Gasteiger partial charge in [-0.2, -0.15) is 0 Å². The van der Waals surface area contributed by atoms with E-state index in [2.05, 4.69) is 5.32 Å². The molecule has 0 aromatic heterocycles. The minimum atomic E-state index is -1.05. The normalized spacial score (nSPS) is 32.2. The standard InChI is InChI=1S/C13H20N2O4/c16-9-5-10(11(17)18)15(6-9)12(19)14-7-13(3-4-13)8-1-2-8/h8-10,16H,1-7H2,(H,14,19)(H,17,18)/t9-,10+/m1/s1. The summed E-state index contributed by atoms with van der Waals surface area (Å²) in [5.41, 5.74) is 0.298. The minimum absolute atomic E-state index is 0.110. The second-order valence-corrected chi connectivity index (χ2v) is 6.19. The zero-order valence-electron chi connectivity index (χ0n) is 10.8. The van der Waals surface area contributed by atoms with Crippen LogP contribution in [-0.4, -0.2) is 52.3 Å². The van der Waals surface area contributed by atoms with Gasteiger partial charge in [0.25, 0.3) is 0 Å². The van der Waals surface area contributed by atoms with Crippen molar-refractivity contribution in [3.05, 3.63) is 0 Å². The number of rotatable bonds is 4. The third-order valence-corrected chi connectivity index (χ3v) is 4.75. The van der Waals surface area contributed by atoms with Crippen molar-refractivity contribution in [3.8, 4) is 0 Å². The van der Waals surface area contributed by atoms with Gasteiger partial charge in [0.2, 0.25) is 0 Å². The molecular weight excluding hydrogens is 248 g/mol. The van der Waals surface area contributed by atoms with Crippen molar-refractivity contribution in [2.24, 2.45) is 11.3 Å². The molecule has 1 heterocycles. The van der Waals surface area contributed by atoms with Gasteiger partial charge in [-0.15, -0.1) is 0 Å². The van der Waals surface area contributed by atoms with E-state index in [1.807, 2.05) is 0 Å². The monoisotopic (exact) mass is 268 g/mol. The molecule has 2 aliphatic carbocycles. The van der Waals surface area contributed by atoms with Gasteiger partial charge < -0.3 is 20.4 Å². The molecule has 3 fully saturated rings. The van der Waals surface area contributed by atoms with Gasteiger partial charge in [-0.3, -0.25) is 0 Å². The summed E-state index contributed by atoms with van der Waals surface area (Å²) in [6.07, 6.45) is 4.25. The Balaban J connectivity index is 1.56. The number of amides is 2. The summed E-state index contributed by atoms with van der Waals surface area (Å²) >= 11 is 0. The van der Waals surface area contributed by atoms with Crippen molar-refractivity contribution in [2.75, 3.05) is 13.1 Å². The molecule has 2 amide bonds. The topological polar surface area (TPSA) is 89.9 Å². The molecule has 0 aromatic rings. The highest BCUT2D eigenvalue weighted by Crippen LogP contribution is 2.60. The molecule has 0 spiro atoms. The number of nitrogens with zero attached hydrogens (tertiary/aromatic N) is 1. The first-order valence-corrected chi connectivity index (χ1v) is 6.97. The van der Waals surface area contributed by atoms with E-state index >= 15 is 0 Å². The van der Waals surface area contributed by atoms with Crippen molar-refractivity contribution in [1.29, 1.82) is 0 Å². The highest BCUT2D eigenvalue weighted by molar-refractivity contribution is 5.83. The number of carboxylic acids is 1. The Bertz CT molecular complexity index is 403. The van der Waals surface area contributed by atoms with E-state index in [9.17, 15) is 14.7 Å². The number of aliphatic hydroxyl groups is 1. The largest absolute Gasteiger partial charge is 0.480 e. The van der Waals surface area contributed by atoms with Crippen molar-refractivity contribution in [3.63, 3.8) is 0 Å². The maximum atomic E-state index is 12.1. The lowest BCUT2D eigenvalue weighted by Crippen LogP contribution is -2.47. The first kappa shape index (κ1) is 12.7. The number of likely N-dealkylation sites (tertiary alicyclic amines) is 1. The van der Waals surface area contributed by atoms with Crippen LogP contribution >= 0.6 is 0 Å². The average Bonchev–Trinajstić information content (AvgIpc) is 3.23. The molecule has 19 heavy (non-hydrogen) atoms. The third kappa shape index (κ3) is 2.41. The molecule has 106 valence electrons. The van der Waals surface area contributed by atoms with E-state index in [4.69, 9.17) is 5.11 Å². The molecule has 6 nitrogen and oxygen atoms in total. The van der Waals surface area contributed by atoms with Crippen LogP contribution in [0.3, 0.4) is 0 Å². The fraction of sp³-hybridized carbons (Fsp3) is 0.846. The Labute approximate surface area is 111 Å². The number of β-amino-alcohol motifs (C(OH)–C–C–N with tert-alkyl or cyclic N) is 1. The van der Waals surface area contributed by atoms with Crippen LogP contribution < -0.4 is 5.32 Å². The van der Waals surface area contributed by atoms with Crippen molar-refractivity contribution >= 4 is 12.0 Å². The molecule has 0 unspecified atom stereocenters. The fourth-order valence-corrected chi connectivity index (χ4v) is 3.21. The lowest BCUT2D eigenvalue weighted by Gasteiger charge is -2.23. The zero-order valence-corrected chi connectivity index (χ0v) is 10.8. The molecule has 3 aliphatic rings. The van der Waals surface area contributed by atoms with Gasteiger partial charge in [0, 0.05) is 19.5 Å². The van der Waals surface area contributed by atoms with Crippen LogP contribution in [0.25, 0.3) is 0 Å². The molecule has 2 saturated carbocycles. The predicted molar refractivity (Wildman–Crippen MR) is 66.5 cm³/mol. The van der Waals surface area contributed by atoms with Gasteiger partial charge in [0.15, 0.2) is 0 Å². The minimum Gasteiger partial charge on any atom is -0.480 e. The van der Waals surface area contributed by atoms with Crippen LogP contribution in [0.1, 0.15) is 32.1 Å². The fourth-order valence-electron chi connectivity index (χ4n) is 3.21. The number of aliphatic hydroxyl groups excluding tert-OH is 1. The average molecular weight is 268 g/mol. The van der Waals surface area contributed by atoms with E-state index in [1.165, 1.54) is 30.6 Å². The Kier molecular flexibility index (Phi) is 2.92. The summed E-state index contributed by atoms with van der Waals surface area (Å²) < 4.78 is 0. The molecule has 0 bridgehead atoms. The summed E-state index contributed by atoms with van der Waals surface area (Å²) in [7, 11) is 0. The molecule has 0 aromatic carbocycles. The number of carbonyl (C=O) groups excluding carboxylic acids is 1. The number of hydrogen-bond acceptors (Lipinski definition) is 3. The first-order chi connectivity index (χ1) is 9.02. The molecular formula is C13H20N2O4. The van der Waals surface area contributed by atoms with Crippen molar-refractivity contribution in [1.82, 2.24) is 10.2 Å². The summed E-state index contributed by atoms with van der Waals surface area (Å²) in [4.78, 5) is 24.4. The highest BCUT2D eigenvalue weighted by Gasteiger charge is 2.53. The van der Waals surface area contributed by atoms with E-state index in [1.54, 1.807) is 0 Å². The van der Waals surface area contributed by atoms with Gasteiger partial charge in [0.1, 0.15) is 6.04 Å². The maximum absolute atomic E-state index is 12.1. The van der Waals surface area contributed by atoms with Crippen LogP contribution in [0.4, 0.5) is 4.79 Å². The zero-order chi connectivity index (χ0) is 13.6. The number of nitrogens with one attached hydrogen (secondary N) is 1. The molecule has 6 heteroatoms. The van der Waals surface area contributed by atoms with Gasteiger partial charge in [-0.25, -0.2) is 9.59 Å². The molecule has 1 saturated heterocycles. The number of hydrogen-bond donors (Lipinski definition) is 3. The van der Waals surface area contributed by atoms with Crippen molar-refractivity contribution < 1.29 is 19.8 Å². The van der Waals surface area contributed by atoms with Crippen LogP contribution in [0, 0.1) is 11.3 Å². The summed E-state index contributed by atoms with van der Waals surface area (Å²) in [5, 5.41) is 21.4. The van der Waals surface area contributed by atoms with E-state index in [-0.39, 0.29) is 19.0 Å². The summed E-state index contributed by atoms with van der Waals surface area (Å²) in [6, 6.07) is -1.25. The SMILES string of the molecule is O=C(O)[C@@H]1C[C@@H](O)CN1C(=O)NCC1(C2CC2)CC1. The van der Waals surface area contributed by atoms with Gasteiger partial charge >= 0.3 is 12.0 Å². The molecule has 3 N–H and O–H groups in total. The lowest BCUT2D eigenvalue weighted by molar-refractivity contribution is -0.141. The quantitative estimate of drug-likeness (QED) is 0.688. The van der Waals surface area contributed by atoms with Gasteiger partial charge in [-0.05, 0) is 37.0 Å². The molecule has 0 radical (unpaired) electrons. The van der Waals surface area contributed by atoms with E-state index in [0.29, 0.717) is 12.0 Å². The Hall–Kier alpha value is -1.30. The molecule has 3 rings (SSSR count). The number of aliphatic carboxylic acids is 1. The van der Waals surface area contributed by atoms with Gasteiger partial charge in [-0.1, -0.05) is 0 Å². The van der Waals surface area contributed by atoms with Crippen molar-refractivity contribution in [2.45, 2.75) is 44.2 Å². The van der Waals surface area contributed by atoms with Crippen LogP contribution in [0.2, 0.25) is 0 Å². The number of carbonyl (C=O) groups is 2. The van der Waals surface area contributed by atoms with E-state index in [0.717, 1.165) is 5.92 Å². The highest BCUT2D eigenvalue weighted by atomic mass is 16.4. The number of carboxylic acid groups (broad SMARTS) is 1. The summed E-state index contributed by atoms with van der Waals surface area (Å²) in [5.74, 6) is -0.290. The maximum Gasteiger partial charge on any atom is 0.326 e. The molecule has 2 atom stereocenters. The second-order valence-electron chi connectivity index (χ2n) is 6.19. The molecule has 1 aliphatic heterocycles. The van der Waals surface area contributed by atoms with E-state index < -0.39 is 18.1 Å². The Morgan fingerprint density at radius 3 is 2.53 bits per heavy atom. The first-order valence-electron chi connectivity index (χ1n) is 6.97. The second kappa shape index (κ2) is 4.37. The summed E-state index contributed by atoms with van der Waals surface area (Å²) in [6.45, 7) is 0.759.